The molecule has 2 N–H and O–H groups in total. The van der Waals surface area contributed by atoms with Crippen LogP contribution in [0.3, 0.4) is 0 Å². The van der Waals surface area contributed by atoms with Crippen molar-refractivity contribution in [2.24, 2.45) is 17.8 Å². The van der Waals surface area contributed by atoms with Crippen LogP contribution >= 0.6 is 0 Å². The molecule has 6 atom stereocenters. The van der Waals surface area contributed by atoms with E-state index in [1.165, 1.54) is 13.0 Å². The van der Waals surface area contributed by atoms with Crippen LogP contribution in [0, 0.1) is 29.1 Å². The van der Waals surface area contributed by atoms with E-state index in [1.807, 2.05) is 0 Å². The lowest BCUT2D eigenvalue weighted by molar-refractivity contribution is -0.151. The highest BCUT2D eigenvalue weighted by molar-refractivity contribution is 6.00. The highest BCUT2D eigenvalue weighted by Crippen LogP contribution is 2.64. The Morgan fingerprint density at radius 3 is 2.59 bits per heavy atom. The van der Waals surface area contributed by atoms with Gasteiger partial charge in [0, 0.05) is 11.6 Å². The maximum Gasteiger partial charge on any atom is 0.417 e. The minimum atomic E-state index is -4.82. The molecule has 1 aromatic carbocycles. The molecule has 0 spiro atoms. The number of hydrogen-bond donors (Lipinski definition) is 2. The predicted molar refractivity (Wildman–Crippen MR) is 90.3 cm³/mol. The van der Waals surface area contributed by atoms with Gasteiger partial charge in [-0.15, -0.1) is 0 Å². The second-order valence-electron chi connectivity index (χ2n) is 8.16. The monoisotopic (exact) mass is 410 g/mol. The Balaban J connectivity index is 1.79. The van der Waals surface area contributed by atoms with E-state index in [-0.39, 0.29) is 12.1 Å². The first-order chi connectivity index (χ1) is 13.3. The van der Waals surface area contributed by atoms with Crippen molar-refractivity contribution in [1.82, 2.24) is 0 Å². The molecule has 3 aliphatic rings. The van der Waals surface area contributed by atoms with E-state index in [2.05, 4.69) is 0 Å². The summed E-state index contributed by atoms with van der Waals surface area (Å²) in [6.07, 6.45) is -6.32. The fourth-order valence-electron chi connectivity index (χ4n) is 5.38. The third kappa shape index (κ3) is 2.44. The number of hydrogen-bond acceptors (Lipinski definition) is 5. The summed E-state index contributed by atoms with van der Waals surface area (Å²) in [4.78, 5) is 25.7. The first-order valence-corrected chi connectivity index (χ1v) is 8.90. The Bertz CT molecular complexity index is 974. The SMILES string of the molecule is C[C@@]12O[C@@](C)(C[C@@H]1C(=O)O)[C@@H]1C(=O)N(c3ccc(C#N)c(C(F)(F)F)c3)C(O)[C@@H]12. The number of rotatable bonds is 2. The zero-order valence-electron chi connectivity index (χ0n) is 15.4. The van der Waals surface area contributed by atoms with Crippen LogP contribution in [-0.4, -0.2) is 39.5 Å². The number of aliphatic hydroxyl groups is 1. The molecule has 3 fully saturated rings. The smallest absolute Gasteiger partial charge is 0.417 e. The minimum Gasteiger partial charge on any atom is -0.481 e. The topological polar surface area (TPSA) is 111 Å². The van der Waals surface area contributed by atoms with Crippen LogP contribution in [0.25, 0.3) is 0 Å². The molecule has 154 valence electrons. The number of benzene rings is 1. The number of carboxylic acid groups (broad SMARTS) is 1. The molecule has 4 rings (SSSR count). The first-order valence-electron chi connectivity index (χ1n) is 8.90. The minimum absolute atomic E-state index is 0.0630. The molecule has 1 aromatic rings. The summed E-state index contributed by atoms with van der Waals surface area (Å²) in [6, 6.07) is 4.23. The van der Waals surface area contributed by atoms with Crippen molar-refractivity contribution in [3.8, 4) is 6.07 Å². The van der Waals surface area contributed by atoms with Crippen LogP contribution in [-0.2, 0) is 20.5 Å². The van der Waals surface area contributed by atoms with Crippen molar-refractivity contribution >= 4 is 17.6 Å². The number of aliphatic hydroxyl groups excluding tert-OH is 1. The third-order valence-electron chi connectivity index (χ3n) is 6.53. The zero-order chi connectivity index (χ0) is 21.5. The van der Waals surface area contributed by atoms with Gasteiger partial charge in [-0.3, -0.25) is 14.5 Å². The summed E-state index contributed by atoms with van der Waals surface area (Å²) >= 11 is 0. The van der Waals surface area contributed by atoms with Crippen molar-refractivity contribution < 1.29 is 37.7 Å². The van der Waals surface area contributed by atoms with Gasteiger partial charge in [0.05, 0.1) is 40.2 Å². The number of ether oxygens (including phenoxy) is 1. The van der Waals surface area contributed by atoms with Gasteiger partial charge in [0.1, 0.15) is 6.23 Å². The van der Waals surface area contributed by atoms with Gasteiger partial charge in [-0.2, -0.15) is 18.4 Å². The molecule has 7 nitrogen and oxygen atoms in total. The summed E-state index contributed by atoms with van der Waals surface area (Å²) in [7, 11) is 0. The standard InChI is InChI=1S/C19H17F3N2O5/c1-17-6-11(16(27)28)18(2,29-17)13-12(17)14(25)24(15(13)26)9-4-3-8(7-23)10(5-9)19(20,21)22/h3-5,11-13,15,26H,6H2,1-2H3,(H,27,28)/t11-,12+,13-,15?,17+,18-/m1/s1. The molecule has 0 radical (unpaired) electrons. The number of nitriles is 1. The molecular formula is C19H17F3N2O5. The maximum atomic E-state index is 13.3. The Morgan fingerprint density at radius 1 is 1.38 bits per heavy atom. The molecule has 0 aromatic heterocycles. The predicted octanol–water partition coefficient (Wildman–Crippen LogP) is 2.13. The fraction of sp³-hybridized carbons (Fsp3) is 0.526. The number of carboxylic acids is 1. The summed E-state index contributed by atoms with van der Waals surface area (Å²) in [6.45, 7) is 3.11. The van der Waals surface area contributed by atoms with Gasteiger partial charge in [-0.25, -0.2) is 0 Å². The average molecular weight is 410 g/mol. The van der Waals surface area contributed by atoms with Crippen LogP contribution in [0.4, 0.5) is 18.9 Å². The van der Waals surface area contributed by atoms with Crippen LogP contribution in [0.2, 0.25) is 0 Å². The zero-order valence-corrected chi connectivity index (χ0v) is 15.4. The Labute approximate surface area is 163 Å². The number of aliphatic carboxylic acids is 1. The van der Waals surface area contributed by atoms with Gasteiger partial charge in [0.25, 0.3) is 0 Å². The first kappa shape index (κ1) is 19.7. The van der Waals surface area contributed by atoms with E-state index in [9.17, 15) is 33.0 Å². The largest absolute Gasteiger partial charge is 0.481 e. The number of halogens is 3. The van der Waals surface area contributed by atoms with Gasteiger partial charge < -0.3 is 14.9 Å². The van der Waals surface area contributed by atoms with Gasteiger partial charge in [-0.1, -0.05) is 0 Å². The number of carbonyl (C=O) groups excluding carboxylic acids is 1. The second kappa shape index (κ2) is 5.70. The molecule has 0 saturated carbocycles. The second-order valence-corrected chi connectivity index (χ2v) is 8.16. The highest BCUT2D eigenvalue weighted by atomic mass is 19.4. The maximum absolute atomic E-state index is 13.3. The molecule has 3 aliphatic heterocycles. The van der Waals surface area contributed by atoms with E-state index in [0.717, 1.165) is 17.0 Å². The van der Waals surface area contributed by atoms with Gasteiger partial charge >= 0.3 is 12.1 Å². The van der Waals surface area contributed by atoms with Crippen molar-refractivity contribution in [2.75, 3.05) is 4.90 Å². The Morgan fingerprint density at radius 2 is 2.03 bits per heavy atom. The van der Waals surface area contributed by atoms with Gasteiger partial charge in [0.2, 0.25) is 5.91 Å². The molecule has 1 amide bonds. The molecular weight excluding hydrogens is 393 g/mol. The van der Waals surface area contributed by atoms with Crippen molar-refractivity contribution in [1.29, 1.82) is 5.26 Å². The molecule has 1 unspecified atom stereocenters. The van der Waals surface area contributed by atoms with Crippen LogP contribution < -0.4 is 4.90 Å². The highest BCUT2D eigenvalue weighted by Gasteiger charge is 2.76. The van der Waals surface area contributed by atoms with E-state index in [1.54, 1.807) is 6.92 Å². The lowest BCUT2D eigenvalue weighted by Crippen LogP contribution is -2.50. The van der Waals surface area contributed by atoms with Crippen LogP contribution in [0.15, 0.2) is 18.2 Å². The van der Waals surface area contributed by atoms with E-state index in [0.29, 0.717) is 6.07 Å². The molecule has 10 heteroatoms. The van der Waals surface area contributed by atoms with Crippen molar-refractivity contribution in [3.63, 3.8) is 0 Å². The summed E-state index contributed by atoms with van der Waals surface area (Å²) in [5.74, 6) is -4.51. The molecule has 2 bridgehead atoms. The third-order valence-corrected chi connectivity index (χ3v) is 6.53. The van der Waals surface area contributed by atoms with Gasteiger partial charge in [0.15, 0.2) is 0 Å². The van der Waals surface area contributed by atoms with Gasteiger partial charge in [-0.05, 0) is 38.5 Å². The molecule has 29 heavy (non-hydrogen) atoms. The normalized spacial score (nSPS) is 38.2. The summed E-state index contributed by atoms with van der Waals surface area (Å²) < 4.78 is 45.9. The quantitative estimate of drug-likeness (QED) is 0.773. The lowest BCUT2D eigenvalue weighted by Gasteiger charge is -2.36. The number of alkyl halides is 3. The molecule has 3 saturated heterocycles. The lowest BCUT2D eigenvalue weighted by atomic mass is 9.63. The van der Waals surface area contributed by atoms with Crippen LogP contribution in [0.1, 0.15) is 31.4 Å². The number of amides is 1. The van der Waals surface area contributed by atoms with Crippen LogP contribution in [0.5, 0.6) is 0 Å². The van der Waals surface area contributed by atoms with Crippen molar-refractivity contribution in [2.45, 2.75) is 43.9 Å². The number of anilines is 1. The summed E-state index contributed by atoms with van der Waals surface area (Å²) in [5.41, 5.74) is -4.50. The van der Waals surface area contributed by atoms with E-state index in [4.69, 9.17) is 10.00 Å². The number of carbonyl (C=O) groups is 2. The Hall–Kier alpha value is -2.64. The molecule has 3 heterocycles. The van der Waals surface area contributed by atoms with E-state index >= 15 is 0 Å². The number of nitrogens with zero attached hydrogens (tertiary/aromatic N) is 2. The average Bonchev–Trinajstić information content (AvgIpc) is 3.15. The molecule has 0 aliphatic carbocycles. The van der Waals surface area contributed by atoms with Crippen molar-refractivity contribution in [3.05, 3.63) is 29.3 Å². The van der Waals surface area contributed by atoms with E-state index < -0.39 is 64.4 Å². The Kier molecular flexibility index (Phi) is 3.87. The fourth-order valence-corrected chi connectivity index (χ4v) is 5.38. The summed E-state index contributed by atoms with van der Waals surface area (Å²) in [5, 5.41) is 29.4. The number of fused-ring (bicyclic) bond motifs is 5.